The minimum atomic E-state index is -2.06. The average Bonchev–Trinajstić information content (AvgIpc) is 2.73. The van der Waals surface area contributed by atoms with Gasteiger partial charge in [0, 0.05) is 6.42 Å². The first-order valence-corrected chi connectivity index (χ1v) is 11.2. The largest absolute Gasteiger partial charge is 0.506 e. The minimum absolute atomic E-state index is 0.183. The molecule has 0 saturated carbocycles. The van der Waals surface area contributed by atoms with E-state index in [-0.39, 0.29) is 6.42 Å². The Balaban J connectivity index is 3.66. The van der Waals surface area contributed by atoms with Crippen LogP contribution >= 0.6 is 0 Å². The van der Waals surface area contributed by atoms with Crippen molar-refractivity contribution in [3.8, 4) is 0 Å². The lowest BCUT2D eigenvalue weighted by Gasteiger charge is -2.17. The first kappa shape index (κ1) is 28.2. The summed E-state index contributed by atoms with van der Waals surface area (Å²) in [5, 5.41) is 46.0. The maximum absolute atomic E-state index is 11.7. The van der Waals surface area contributed by atoms with E-state index in [4.69, 9.17) is 14.9 Å². The molecule has 2 atom stereocenters. The van der Waals surface area contributed by atoms with Crippen LogP contribution in [0.25, 0.3) is 0 Å². The van der Waals surface area contributed by atoms with Crippen LogP contribution in [0.2, 0.25) is 0 Å². The van der Waals surface area contributed by atoms with E-state index in [0.29, 0.717) is 6.42 Å². The third-order valence-corrected chi connectivity index (χ3v) is 4.99. The standard InChI is InChI=1S/C22H40O8/c1-2-3-4-5-6-7-8-9-10-11-12-13-14-15-18(24)30-16-17(23)19(25)20(26)21(27)22(28)29/h17,19,23,25-27H,2-16H2,1H3,(H,28,29)/b21-20+. The summed E-state index contributed by atoms with van der Waals surface area (Å²) in [6.45, 7) is 1.61. The van der Waals surface area contributed by atoms with Crippen LogP contribution in [0.3, 0.4) is 0 Å². The Bertz CT molecular complexity index is 503. The van der Waals surface area contributed by atoms with Gasteiger partial charge in [0.25, 0.3) is 0 Å². The second-order valence-electron chi connectivity index (χ2n) is 7.73. The first-order valence-electron chi connectivity index (χ1n) is 11.2. The number of hydrogen-bond acceptors (Lipinski definition) is 7. The van der Waals surface area contributed by atoms with Crippen LogP contribution in [0, 0.1) is 0 Å². The highest BCUT2D eigenvalue weighted by Gasteiger charge is 2.27. The summed E-state index contributed by atoms with van der Waals surface area (Å²) in [7, 11) is 0. The van der Waals surface area contributed by atoms with Crippen molar-refractivity contribution in [3.63, 3.8) is 0 Å². The Hall–Kier alpha value is -1.80. The Kier molecular flexibility index (Phi) is 16.9. The van der Waals surface area contributed by atoms with E-state index < -0.39 is 42.3 Å². The molecular weight excluding hydrogens is 392 g/mol. The monoisotopic (exact) mass is 432 g/mol. The van der Waals surface area contributed by atoms with Crippen molar-refractivity contribution in [2.24, 2.45) is 0 Å². The number of hydrogen-bond donors (Lipinski definition) is 5. The summed E-state index contributed by atoms with van der Waals surface area (Å²) in [5.74, 6) is -5.16. The van der Waals surface area contributed by atoms with Gasteiger partial charge in [-0.2, -0.15) is 0 Å². The predicted octanol–water partition coefficient (Wildman–Crippen LogP) is 4.14. The highest BCUT2D eigenvalue weighted by Crippen LogP contribution is 2.13. The van der Waals surface area contributed by atoms with Gasteiger partial charge in [-0.05, 0) is 6.42 Å². The Morgan fingerprint density at radius 3 is 1.60 bits per heavy atom. The average molecular weight is 433 g/mol. The highest BCUT2D eigenvalue weighted by atomic mass is 16.5. The van der Waals surface area contributed by atoms with E-state index in [1.807, 2.05) is 0 Å². The normalized spacial score (nSPS) is 14.1. The van der Waals surface area contributed by atoms with Crippen LogP contribution in [0.5, 0.6) is 0 Å². The van der Waals surface area contributed by atoms with Crippen molar-refractivity contribution < 1.29 is 39.9 Å². The van der Waals surface area contributed by atoms with Gasteiger partial charge in [-0.25, -0.2) is 4.79 Å². The lowest BCUT2D eigenvalue weighted by atomic mass is 10.0. The van der Waals surface area contributed by atoms with E-state index >= 15 is 0 Å². The van der Waals surface area contributed by atoms with Gasteiger partial charge >= 0.3 is 11.9 Å². The van der Waals surface area contributed by atoms with Gasteiger partial charge in [-0.3, -0.25) is 4.79 Å². The molecule has 0 aliphatic rings. The Morgan fingerprint density at radius 2 is 1.17 bits per heavy atom. The third-order valence-electron chi connectivity index (χ3n) is 4.99. The molecule has 0 rings (SSSR count). The molecule has 0 radical (unpaired) electrons. The van der Waals surface area contributed by atoms with Crippen LogP contribution in [0.15, 0.2) is 11.5 Å². The molecule has 0 saturated heterocycles. The summed E-state index contributed by atoms with van der Waals surface area (Å²) in [6, 6.07) is 0. The molecule has 176 valence electrons. The maximum atomic E-state index is 11.7. The molecular formula is C22H40O8. The molecule has 0 amide bonds. The topological polar surface area (TPSA) is 145 Å². The van der Waals surface area contributed by atoms with Crippen molar-refractivity contribution in [2.75, 3.05) is 6.61 Å². The predicted molar refractivity (Wildman–Crippen MR) is 113 cm³/mol. The van der Waals surface area contributed by atoms with E-state index in [9.17, 15) is 24.9 Å². The summed E-state index contributed by atoms with van der Waals surface area (Å²) in [5.41, 5.74) is 0. The first-order chi connectivity index (χ1) is 14.3. The van der Waals surface area contributed by atoms with Crippen LogP contribution in [0.4, 0.5) is 0 Å². The number of carbonyl (C=O) groups is 2. The van der Waals surface area contributed by atoms with Gasteiger partial charge in [0.15, 0.2) is 5.76 Å². The van der Waals surface area contributed by atoms with Gasteiger partial charge in [-0.1, -0.05) is 84.0 Å². The van der Waals surface area contributed by atoms with Crippen LogP contribution < -0.4 is 0 Å². The molecule has 0 fully saturated rings. The van der Waals surface area contributed by atoms with Crippen LogP contribution in [-0.2, 0) is 14.3 Å². The second-order valence-corrected chi connectivity index (χ2v) is 7.73. The quantitative estimate of drug-likeness (QED) is 0.0886. The molecule has 0 aliphatic carbocycles. The summed E-state index contributed by atoms with van der Waals surface area (Å²) >= 11 is 0. The fourth-order valence-electron chi connectivity index (χ4n) is 3.06. The number of aliphatic carboxylic acids is 1. The molecule has 0 spiro atoms. The van der Waals surface area contributed by atoms with Crippen molar-refractivity contribution in [1.29, 1.82) is 0 Å². The summed E-state index contributed by atoms with van der Waals surface area (Å²) in [6.07, 6.45) is 11.9. The molecule has 0 aromatic rings. The third kappa shape index (κ3) is 14.2. The SMILES string of the molecule is CCCCCCCCCCCCCCCC(=O)OCC(O)C(O)/C(O)=C(\O)C(=O)O. The molecule has 0 heterocycles. The number of aliphatic hydroxyl groups is 4. The fraction of sp³-hybridized carbons (Fsp3) is 0.818. The lowest BCUT2D eigenvalue weighted by molar-refractivity contribution is -0.149. The number of carboxylic acids is 1. The minimum Gasteiger partial charge on any atom is -0.506 e. The van der Waals surface area contributed by atoms with E-state index in [1.54, 1.807) is 0 Å². The fourth-order valence-corrected chi connectivity index (χ4v) is 3.06. The molecule has 0 aliphatic heterocycles. The van der Waals surface area contributed by atoms with Gasteiger partial charge in [0.05, 0.1) is 0 Å². The lowest BCUT2D eigenvalue weighted by Crippen LogP contribution is -2.34. The number of carbonyl (C=O) groups excluding carboxylic acids is 1. The van der Waals surface area contributed by atoms with E-state index in [0.717, 1.165) is 19.3 Å². The Labute approximate surface area is 179 Å². The van der Waals surface area contributed by atoms with Crippen molar-refractivity contribution >= 4 is 11.9 Å². The molecule has 8 heteroatoms. The summed E-state index contributed by atoms with van der Waals surface area (Å²) < 4.78 is 4.81. The van der Waals surface area contributed by atoms with Crippen molar-refractivity contribution in [3.05, 3.63) is 11.5 Å². The van der Waals surface area contributed by atoms with Gasteiger partial charge < -0.3 is 30.3 Å². The van der Waals surface area contributed by atoms with Crippen LogP contribution in [-0.4, -0.2) is 56.3 Å². The molecule has 30 heavy (non-hydrogen) atoms. The zero-order chi connectivity index (χ0) is 22.8. The molecule has 8 nitrogen and oxygen atoms in total. The highest BCUT2D eigenvalue weighted by molar-refractivity contribution is 5.84. The van der Waals surface area contributed by atoms with Gasteiger partial charge in [0.2, 0.25) is 5.76 Å². The zero-order valence-electron chi connectivity index (χ0n) is 18.2. The number of rotatable bonds is 19. The van der Waals surface area contributed by atoms with E-state index in [1.165, 1.54) is 57.8 Å². The zero-order valence-corrected chi connectivity index (χ0v) is 18.2. The van der Waals surface area contributed by atoms with Gasteiger partial charge in [-0.15, -0.1) is 0 Å². The van der Waals surface area contributed by atoms with Gasteiger partial charge in [0.1, 0.15) is 18.8 Å². The smallest absolute Gasteiger partial charge is 0.374 e. The van der Waals surface area contributed by atoms with Crippen LogP contribution in [0.1, 0.15) is 96.8 Å². The number of carboxylic acid groups (broad SMARTS) is 1. The summed E-state index contributed by atoms with van der Waals surface area (Å²) in [4.78, 5) is 22.1. The Morgan fingerprint density at radius 1 is 0.733 bits per heavy atom. The second kappa shape index (κ2) is 18.0. The number of esters is 1. The number of ether oxygens (including phenoxy) is 1. The number of aliphatic hydroxyl groups excluding tert-OH is 4. The molecule has 0 bridgehead atoms. The molecule has 0 aromatic carbocycles. The van der Waals surface area contributed by atoms with E-state index in [2.05, 4.69) is 6.92 Å². The number of unbranched alkanes of at least 4 members (excludes halogenated alkanes) is 12. The molecule has 2 unspecified atom stereocenters. The van der Waals surface area contributed by atoms with Crippen molar-refractivity contribution in [1.82, 2.24) is 0 Å². The molecule has 0 aromatic heterocycles. The molecule has 5 N–H and O–H groups in total. The van der Waals surface area contributed by atoms with Crippen molar-refractivity contribution in [2.45, 2.75) is 109 Å². The maximum Gasteiger partial charge on any atom is 0.374 e.